The molecular weight excluding hydrogens is 418 g/mol. The number of carbonyl (C=O) groups excluding carboxylic acids is 1. The summed E-state index contributed by atoms with van der Waals surface area (Å²) in [5, 5.41) is 18.7. The Morgan fingerprint density at radius 2 is 1.59 bits per heavy atom. The van der Waals surface area contributed by atoms with E-state index in [-0.39, 0.29) is 17.5 Å². The largest absolute Gasteiger partial charge is 0.494 e. The van der Waals surface area contributed by atoms with Crippen molar-refractivity contribution in [3.05, 3.63) is 96.7 Å². The van der Waals surface area contributed by atoms with Crippen LogP contribution in [-0.4, -0.2) is 26.3 Å². The van der Waals surface area contributed by atoms with E-state index in [0.29, 0.717) is 12.4 Å². The summed E-state index contributed by atoms with van der Waals surface area (Å²) in [5.74, 6) is 0.799. The van der Waals surface area contributed by atoms with E-state index in [9.17, 15) is 9.90 Å². The van der Waals surface area contributed by atoms with E-state index in [1.165, 1.54) is 11.8 Å². The molecule has 2 aromatic heterocycles. The molecule has 0 fully saturated rings. The van der Waals surface area contributed by atoms with Crippen LogP contribution in [0.2, 0.25) is 0 Å². The number of pyridine rings is 1. The molecule has 1 amide bonds. The summed E-state index contributed by atoms with van der Waals surface area (Å²) in [5.41, 5.74) is 1.11. The SMILES string of the molecule is O=C(CSc1c2ccccc2c(O)n1Cc1cccc2ccccc12)Nc1ccccn1. The third-order valence-corrected chi connectivity index (χ3v) is 6.50. The van der Waals surface area contributed by atoms with E-state index in [4.69, 9.17) is 0 Å². The molecule has 0 saturated heterocycles. The van der Waals surface area contributed by atoms with Gasteiger partial charge in [-0.05, 0) is 34.5 Å². The number of amides is 1. The quantitative estimate of drug-likeness (QED) is 0.334. The van der Waals surface area contributed by atoms with Crippen molar-refractivity contribution in [2.75, 3.05) is 11.1 Å². The zero-order chi connectivity index (χ0) is 21.9. The van der Waals surface area contributed by atoms with Gasteiger partial charge in [-0.2, -0.15) is 0 Å². The number of fused-ring (bicyclic) bond motifs is 2. The molecule has 0 spiro atoms. The van der Waals surface area contributed by atoms with Crippen molar-refractivity contribution in [3.63, 3.8) is 0 Å². The maximum Gasteiger partial charge on any atom is 0.235 e. The highest BCUT2D eigenvalue weighted by Gasteiger charge is 2.18. The first-order valence-corrected chi connectivity index (χ1v) is 11.3. The Labute approximate surface area is 189 Å². The van der Waals surface area contributed by atoms with Crippen LogP contribution < -0.4 is 5.32 Å². The highest BCUT2D eigenvalue weighted by Crippen LogP contribution is 2.38. The highest BCUT2D eigenvalue weighted by molar-refractivity contribution is 8.00. The minimum absolute atomic E-state index is 0.143. The fourth-order valence-electron chi connectivity index (χ4n) is 3.90. The lowest BCUT2D eigenvalue weighted by molar-refractivity contribution is -0.113. The number of aromatic hydroxyl groups is 1. The van der Waals surface area contributed by atoms with Gasteiger partial charge >= 0.3 is 0 Å². The van der Waals surface area contributed by atoms with Crippen LogP contribution in [-0.2, 0) is 11.3 Å². The van der Waals surface area contributed by atoms with E-state index >= 15 is 0 Å². The monoisotopic (exact) mass is 439 g/mol. The molecule has 0 unspecified atom stereocenters. The van der Waals surface area contributed by atoms with Crippen molar-refractivity contribution in [1.82, 2.24) is 9.55 Å². The first kappa shape index (κ1) is 20.2. The second-order valence-corrected chi connectivity index (χ2v) is 8.41. The third kappa shape index (κ3) is 3.92. The average Bonchev–Trinajstić information content (AvgIpc) is 3.09. The van der Waals surface area contributed by atoms with E-state index in [1.54, 1.807) is 18.3 Å². The molecule has 32 heavy (non-hydrogen) atoms. The fraction of sp³-hybridized carbons (Fsp3) is 0.0769. The maximum absolute atomic E-state index is 12.5. The van der Waals surface area contributed by atoms with Gasteiger partial charge < -0.3 is 15.0 Å². The summed E-state index contributed by atoms with van der Waals surface area (Å²) in [6.07, 6.45) is 1.64. The van der Waals surface area contributed by atoms with Crippen molar-refractivity contribution in [2.45, 2.75) is 11.6 Å². The molecule has 3 aromatic carbocycles. The van der Waals surface area contributed by atoms with Gasteiger partial charge in [-0.15, -0.1) is 0 Å². The number of nitrogens with one attached hydrogen (secondary N) is 1. The number of nitrogens with zero attached hydrogens (tertiary/aromatic N) is 2. The molecule has 5 rings (SSSR count). The molecule has 158 valence electrons. The predicted molar refractivity (Wildman–Crippen MR) is 130 cm³/mol. The smallest absolute Gasteiger partial charge is 0.235 e. The van der Waals surface area contributed by atoms with Gasteiger partial charge in [-0.1, -0.05) is 78.5 Å². The Kier molecular flexibility index (Phi) is 5.52. The normalized spacial score (nSPS) is 11.1. The average molecular weight is 440 g/mol. The van der Waals surface area contributed by atoms with Crippen LogP contribution in [0, 0.1) is 0 Å². The van der Waals surface area contributed by atoms with Gasteiger partial charge in [0.2, 0.25) is 5.91 Å². The molecule has 5 nitrogen and oxygen atoms in total. The van der Waals surface area contributed by atoms with Gasteiger partial charge in [0, 0.05) is 17.0 Å². The molecule has 5 aromatic rings. The van der Waals surface area contributed by atoms with Crippen LogP contribution in [0.15, 0.2) is 96.2 Å². The van der Waals surface area contributed by atoms with Crippen LogP contribution in [0.3, 0.4) is 0 Å². The number of anilines is 1. The Hall–Kier alpha value is -3.77. The Balaban J connectivity index is 1.48. The lowest BCUT2D eigenvalue weighted by atomic mass is 10.0. The summed E-state index contributed by atoms with van der Waals surface area (Å²) < 4.78 is 1.89. The standard InChI is InChI=1S/C26H21N3O2S/c30-24(28-23-14-5-6-15-27-23)17-32-26-22-13-4-3-12-21(22)25(31)29(26)16-19-10-7-9-18-8-1-2-11-20(18)19/h1-15,31H,16-17H2,(H,27,28,30). The zero-order valence-electron chi connectivity index (χ0n) is 17.2. The third-order valence-electron chi connectivity index (χ3n) is 5.38. The van der Waals surface area contributed by atoms with Crippen LogP contribution in [0.4, 0.5) is 5.82 Å². The maximum atomic E-state index is 12.5. The molecule has 0 atom stereocenters. The second-order valence-electron chi connectivity index (χ2n) is 7.45. The Morgan fingerprint density at radius 3 is 2.41 bits per heavy atom. The Morgan fingerprint density at radius 1 is 0.875 bits per heavy atom. The molecule has 0 aliphatic heterocycles. The number of hydrogen-bond donors (Lipinski definition) is 2. The number of carbonyl (C=O) groups is 1. The first-order chi connectivity index (χ1) is 15.7. The molecule has 6 heteroatoms. The van der Waals surface area contributed by atoms with Crippen molar-refractivity contribution >= 4 is 45.0 Å². The highest BCUT2D eigenvalue weighted by atomic mass is 32.2. The summed E-state index contributed by atoms with van der Waals surface area (Å²) in [6, 6.07) is 27.6. The summed E-state index contributed by atoms with van der Waals surface area (Å²) in [4.78, 5) is 16.7. The van der Waals surface area contributed by atoms with E-state index in [0.717, 1.165) is 32.1 Å². The first-order valence-electron chi connectivity index (χ1n) is 10.3. The molecule has 0 saturated carbocycles. The van der Waals surface area contributed by atoms with E-state index in [1.807, 2.05) is 53.1 Å². The van der Waals surface area contributed by atoms with Crippen molar-refractivity contribution in [3.8, 4) is 5.88 Å². The lowest BCUT2D eigenvalue weighted by Gasteiger charge is -2.13. The zero-order valence-corrected chi connectivity index (χ0v) is 18.0. The van der Waals surface area contributed by atoms with Crippen molar-refractivity contribution in [1.29, 1.82) is 0 Å². The minimum Gasteiger partial charge on any atom is -0.494 e. The van der Waals surface area contributed by atoms with Gasteiger partial charge in [0.15, 0.2) is 5.88 Å². The van der Waals surface area contributed by atoms with Crippen molar-refractivity contribution in [2.24, 2.45) is 0 Å². The van der Waals surface area contributed by atoms with Crippen LogP contribution in [0.5, 0.6) is 5.88 Å². The summed E-state index contributed by atoms with van der Waals surface area (Å²) in [6.45, 7) is 0.506. The number of benzene rings is 3. The lowest BCUT2D eigenvalue weighted by Crippen LogP contribution is -2.15. The molecular formula is C26H21N3O2S. The fourth-order valence-corrected chi connectivity index (χ4v) is 4.88. The topological polar surface area (TPSA) is 67.2 Å². The van der Waals surface area contributed by atoms with E-state index < -0.39 is 0 Å². The van der Waals surface area contributed by atoms with Gasteiger partial charge in [-0.3, -0.25) is 4.79 Å². The summed E-state index contributed by atoms with van der Waals surface area (Å²) in [7, 11) is 0. The number of aromatic nitrogens is 2. The molecule has 0 aliphatic carbocycles. The number of hydrogen-bond acceptors (Lipinski definition) is 4. The minimum atomic E-state index is -0.143. The van der Waals surface area contributed by atoms with Gasteiger partial charge in [0.1, 0.15) is 5.82 Å². The second kappa shape index (κ2) is 8.77. The molecule has 0 radical (unpaired) electrons. The summed E-state index contributed by atoms with van der Waals surface area (Å²) >= 11 is 1.41. The molecule has 0 bridgehead atoms. The molecule has 2 N–H and O–H groups in total. The van der Waals surface area contributed by atoms with Crippen LogP contribution in [0.1, 0.15) is 5.56 Å². The Bertz CT molecular complexity index is 1410. The predicted octanol–water partition coefficient (Wildman–Crippen LogP) is 5.67. The van der Waals surface area contributed by atoms with Gasteiger partial charge in [0.05, 0.1) is 17.3 Å². The van der Waals surface area contributed by atoms with Gasteiger partial charge in [0.25, 0.3) is 0 Å². The van der Waals surface area contributed by atoms with E-state index in [2.05, 4.69) is 34.6 Å². The molecule has 0 aliphatic rings. The number of rotatable bonds is 6. The van der Waals surface area contributed by atoms with Crippen molar-refractivity contribution < 1.29 is 9.90 Å². The number of thioether (sulfide) groups is 1. The van der Waals surface area contributed by atoms with Gasteiger partial charge in [-0.25, -0.2) is 4.98 Å². The van der Waals surface area contributed by atoms with Crippen LogP contribution in [0.25, 0.3) is 21.5 Å². The molecule has 2 heterocycles. The van der Waals surface area contributed by atoms with Crippen LogP contribution >= 0.6 is 11.8 Å².